The fourth-order valence-corrected chi connectivity index (χ4v) is 4.74. The van der Waals surface area contributed by atoms with Crippen LogP contribution in [0.4, 0.5) is 39.0 Å². The number of halogens is 2. The Morgan fingerprint density at radius 3 is 2.46 bits per heavy atom. The normalized spacial score (nSPS) is 15.1. The van der Waals surface area contributed by atoms with Crippen molar-refractivity contribution in [2.45, 2.75) is 31.9 Å². The Morgan fingerprint density at radius 2 is 1.88 bits per heavy atom. The van der Waals surface area contributed by atoms with Crippen LogP contribution in [0, 0.1) is 5.82 Å². The minimum absolute atomic E-state index is 0.0947. The van der Waals surface area contributed by atoms with Crippen LogP contribution in [-0.4, -0.2) is 71.2 Å². The van der Waals surface area contributed by atoms with Gasteiger partial charge in [0.15, 0.2) is 0 Å². The monoisotopic (exact) mass is 584 g/mol. The molecule has 11 nitrogen and oxygen atoms in total. The number of aromatic nitrogens is 3. The summed E-state index contributed by atoms with van der Waals surface area (Å²) in [5.74, 6) is -0.262. The highest BCUT2D eigenvalue weighted by Gasteiger charge is 2.27. The Bertz CT molecular complexity index is 1450. The lowest BCUT2D eigenvalue weighted by molar-refractivity contribution is -0.111. The van der Waals surface area contributed by atoms with Gasteiger partial charge in [0, 0.05) is 36.4 Å². The van der Waals surface area contributed by atoms with E-state index in [-0.39, 0.29) is 28.5 Å². The van der Waals surface area contributed by atoms with Crippen molar-refractivity contribution in [2.24, 2.45) is 0 Å². The Kier molecular flexibility index (Phi) is 8.95. The number of anilines is 6. The van der Waals surface area contributed by atoms with Gasteiger partial charge in [-0.3, -0.25) is 4.79 Å². The number of nitrogens with one attached hydrogen (secondary N) is 3. The maximum absolute atomic E-state index is 14.3. The van der Waals surface area contributed by atoms with Gasteiger partial charge in [0.05, 0.1) is 34.8 Å². The quantitative estimate of drug-likeness (QED) is 0.250. The van der Waals surface area contributed by atoms with Crippen LogP contribution in [0.1, 0.15) is 25.8 Å². The van der Waals surface area contributed by atoms with E-state index in [4.69, 9.17) is 16.3 Å². The predicted molar refractivity (Wildman–Crippen MR) is 159 cm³/mol. The standard InChI is InChI=1S/C28H34ClFN8O3/c1-7-25(39)33-21-12-22(24(41-6)13-23(21)38-9-8-16(14-38)37(4)5)35-27-32-15-31-26(36-27)34-20-11-19(30)18(29)10-17(20)28(2,3)40/h7,10-13,15-16,40H,1,8-9,14H2,2-6H3,(H,33,39)(H2,31,32,34,35,36)/t16-/m1/s1. The average Bonchev–Trinajstić information content (AvgIpc) is 3.41. The van der Waals surface area contributed by atoms with E-state index >= 15 is 0 Å². The van der Waals surface area contributed by atoms with Crippen LogP contribution in [0.25, 0.3) is 0 Å². The number of methoxy groups -OCH3 is 1. The molecule has 0 radical (unpaired) electrons. The molecule has 2 heterocycles. The molecule has 218 valence electrons. The fraction of sp³-hybridized carbons (Fsp3) is 0.357. The highest BCUT2D eigenvalue weighted by atomic mass is 35.5. The van der Waals surface area contributed by atoms with Gasteiger partial charge in [-0.1, -0.05) is 18.2 Å². The van der Waals surface area contributed by atoms with Gasteiger partial charge in [0.25, 0.3) is 0 Å². The second-order valence-corrected chi connectivity index (χ2v) is 10.8. The first-order valence-electron chi connectivity index (χ1n) is 12.9. The van der Waals surface area contributed by atoms with E-state index < -0.39 is 11.4 Å². The summed E-state index contributed by atoms with van der Waals surface area (Å²) < 4.78 is 20.0. The van der Waals surface area contributed by atoms with Crippen molar-refractivity contribution in [3.8, 4) is 5.75 Å². The minimum atomic E-state index is -1.32. The number of aliphatic hydroxyl groups is 1. The van der Waals surface area contributed by atoms with Crippen LogP contribution in [0.5, 0.6) is 5.75 Å². The summed E-state index contributed by atoms with van der Waals surface area (Å²) in [5.41, 5.74) is 1.15. The summed E-state index contributed by atoms with van der Waals surface area (Å²) in [5, 5.41) is 19.4. The van der Waals surface area contributed by atoms with Gasteiger partial charge in [-0.25, -0.2) is 14.4 Å². The van der Waals surface area contributed by atoms with Gasteiger partial charge in [0.2, 0.25) is 17.8 Å². The first-order valence-corrected chi connectivity index (χ1v) is 13.3. The lowest BCUT2D eigenvalue weighted by Gasteiger charge is -2.25. The molecule has 1 fully saturated rings. The Morgan fingerprint density at radius 1 is 1.20 bits per heavy atom. The summed E-state index contributed by atoms with van der Waals surface area (Å²) in [7, 11) is 5.65. The van der Waals surface area contributed by atoms with Crippen LogP contribution in [-0.2, 0) is 10.4 Å². The first kappa shape index (κ1) is 30.0. The molecule has 1 aromatic heterocycles. The number of benzene rings is 2. The highest BCUT2D eigenvalue weighted by Crippen LogP contribution is 2.40. The van der Waals surface area contributed by atoms with Gasteiger partial charge < -0.3 is 35.6 Å². The zero-order chi connectivity index (χ0) is 29.9. The summed E-state index contributed by atoms with van der Waals surface area (Å²) in [4.78, 5) is 29.4. The number of amides is 1. The van der Waals surface area contributed by atoms with Gasteiger partial charge in [-0.05, 0) is 58.6 Å². The zero-order valence-corrected chi connectivity index (χ0v) is 24.4. The summed E-state index contributed by atoms with van der Waals surface area (Å²) in [6, 6.07) is 6.50. The van der Waals surface area contributed by atoms with E-state index in [2.05, 4.69) is 61.4 Å². The summed E-state index contributed by atoms with van der Waals surface area (Å²) >= 11 is 5.95. The van der Waals surface area contributed by atoms with Gasteiger partial charge in [-0.2, -0.15) is 4.98 Å². The van der Waals surface area contributed by atoms with Crippen LogP contribution < -0.4 is 25.6 Å². The predicted octanol–water partition coefficient (Wildman–Crippen LogP) is 4.65. The molecule has 0 unspecified atom stereocenters. The van der Waals surface area contributed by atoms with Crippen molar-refractivity contribution >= 4 is 52.2 Å². The number of likely N-dealkylation sites (N-methyl/N-ethyl adjacent to an activating group) is 1. The lowest BCUT2D eigenvalue weighted by Crippen LogP contribution is -2.31. The van der Waals surface area contributed by atoms with Crippen molar-refractivity contribution < 1.29 is 19.0 Å². The number of carbonyl (C=O) groups is 1. The minimum Gasteiger partial charge on any atom is -0.494 e. The molecule has 2 aromatic carbocycles. The van der Waals surface area contributed by atoms with Crippen LogP contribution in [0.2, 0.25) is 5.02 Å². The first-order chi connectivity index (χ1) is 19.4. The molecule has 0 bridgehead atoms. The molecular weight excluding hydrogens is 551 g/mol. The van der Waals surface area contributed by atoms with E-state index in [1.165, 1.54) is 24.5 Å². The smallest absolute Gasteiger partial charge is 0.247 e. The second kappa shape index (κ2) is 12.2. The molecule has 0 spiro atoms. The Balaban J connectivity index is 1.66. The SMILES string of the molecule is C=CC(=O)Nc1cc(Nc2ncnc(Nc3cc(F)c(Cl)cc3C(C)(C)O)n2)c(OC)cc1N1CC[C@@H](N(C)C)C1. The molecule has 0 aliphatic carbocycles. The molecule has 1 atom stereocenters. The average molecular weight is 585 g/mol. The van der Waals surface area contributed by atoms with Crippen LogP contribution >= 0.6 is 11.6 Å². The third-order valence-corrected chi connectivity index (χ3v) is 7.07. The summed E-state index contributed by atoms with van der Waals surface area (Å²) in [6.07, 6.45) is 3.47. The lowest BCUT2D eigenvalue weighted by atomic mass is 9.96. The van der Waals surface area contributed by atoms with E-state index in [0.717, 1.165) is 25.2 Å². The van der Waals surface area contributed by atoms with Crippen molar-refractivity contribution in [1.82, 2.24) is 19.9 Å². The molecule has 4 N–H and O–H groups in total. The van der Waals surface area contributed by atoms with Gasteiger partial charge in [0.1, 0.15) is 17.9 Å². The second-order valence-electron chi connectivity index (χ2n) is 10.4. The van der Waals surface area contributed by atoms with E-state index in [1.807, 2.05) is 6.07 Å². The number of nitrogens with zero attached hydrogens (tertiary/aromatic N) is 5. The van der Waals surface area contributed by atoms with Crippen LogP contribution in [0.3, 0.4) is 0 Å². The van der Waals surface area contributed by atoms with Gasteiger partial charge >= 0.3 is 0 Å². The number of ether oxygens (including phenoxy) is 1. The molecule has 1 aliphatic heterocycles. The summed E-state index contributed by atoms with van der Waals surface area (Å²) in [6.45, 7) is 8.29. The van der Waals surface area contributed by atoms with Gasteiger partial charge in [-0.15, -0.1) is 0 Å². The molecule has 1 aliphatic rings. The maximum Gasteiger partial charge on any atom is 0.247 e. The largest absolute Gasteiger partial charge is 0.494 e. The number of carbonyl (C=O) groups excluding carboxylic acids is 1. The topological polar surface area (TPSA) is 128 Å². The third-order valence-electron chi connectivity index (χ3n) is 6.78. The molecular formula is C28H34ClFN8O3. The molecule has 1 amide bonds. The Hall–Kier alpha value is -4.00. The van der Waals surface area contributed by atoms with E-state index in [9.17, 15) is 14.3 Å². The van der Waals surface area contributed by atoms with Crippen molar-refractivity contribution in [3.63, 3.8) is 0 Å². The molecule has 3 aromatic rings. The highest BCUT2D eigenvalue weighted by molar-refractivity contribution is 6.30. The molecule has 13 heteroatoms. The van der Waals surface area contributed by atoms with Crippen LogP contribution in [0.15, 0.2) is 43.2 Å². The molecule has 41 heavy (non-hydrogen) atoms. The zero-order valence-electron chi connectivity index (χ0n) is 23.6. The van der Waals surface area contributed by atoms with Crippen molar-refractivity contribution in [2.75, 3.05) is 55.1 Å². The van der Waals surface area contributed by atoms with E-state index in [1.54, 1.807) is 27.0 Å². The number of hydrogen-bond acceptors (Lipinski definition) is 10. The Labute approximate surface area is 243 Å². The fourth-order valence-electron chi connectivity index (χ4n) is 4.58. The number of rotatable bonds is 10. The maximum atomic E-state index is 14.3. The molecule has 1 saturated heterocycles. The number of hydrogen-bond donors (Lipinski definition) is 4. The molecule has 0 saturated carbocycles. The van der Waals surface area contributed by atoms with E-state index in [0.29, 0.717) is 28.7 Å². The van der Waals surface area contributed by atoms with Crippen molar-refractivity contribution in [1.29, 1.82) is 0 Å². The third kappa shape index (κ3) is 7.02. The van der Waals surface area contributed by atoms with Crippen molar-refractivity contribution in [3.05, 3.63) is 59.7 Å². The molecule has 4 rings (SSSR count).